The van der Waals surface area contributed by atoms with Crippen LogP contribution in [0.15, 0.2) is 0 Å². The maximum absolute atomic E-state index is 10.9. The lowest BCUT2D eigenvalue weighted by atomic mass is 9.69. The molecule has 19 heavy (non-hydrogen) atoms. The fourth-order valence-electron chi connectivity index (χ4n) is 3.08. The molecule has 0 spiro atoms. The highest BCUT2D eigenvalue weighted by molar-refractivity contribution is 5.70. The highest BCUT2D eigenvalue weighted by Crippen LogP contribution is 2.42. The zero-order valence-corrected chi connectivity index (χ0v) is 12.2. The Labute approximate surface area is 117 Å². The minimum Gasteiger partial charge on any atom is -0.481 e. The zero-order valence-electron chi connectivity index (χ0n) is 12.2. The molecule has 0 aliphatic heterocycles. The van der Waals surface area contributed by atoms with Gasteiger partial charge in [0.2, 0.25) is 0 Å². The molecule has 0 saturated heterocycles. The number of unbranched alkanes of at least 4 members (excludes halogenated alkanes) is 5. The molecule has 1 aliphatic rings. The van der Waals surface area contributed by atoms with Gasteiger partial charge < -0.3 is 5.11 Å². The van der Waals surface area contributed by atoms with Gasteiger partial charge in [0.15, 0.2) is 0 Å². The second-order valence-electron chi connectivity index (χ2n) is 6.02. The van der Waals surface area contributed by atoms with Gasteiger partial charge in [0, 0.05) is 0 Å². The van der Waals surface area contributed by atoms with Crippen LogP contribution in [-0.4, -0.2) is 11.1 Å². The van der Waals surface area contributed by atoms with Crippen molar-refractivity contribution in [2.75, 3.05) is 0 Å². The fourth-order valence-corrected chi connectivity index (χ4v) is 3.08. The number of aliphatic carboxylic acids is 1. The molecule has 0 unspecified atom stereocenters. The van der Waals surface area contributed by atoms with Crippen LogP contribution >= 0.6 is 0 Å². The molecule has 108 valence electrons. The van der Waals surface area contributed by atoms with Crippen LogP contribution in [0, 0.1) is 22.7 Å². The van der Waals surface area contributed by atoms with E-state index in [0.29, 0.717) is 12.8 Å². The predicted octanol–water partition coefficient (Wildman–Crippen LogP) is 4.52. The summed E-state index contributed by atoms with van der Waals surface area (Å²) >= 11 is 0. The van der Waals surface area contributed by atoms with Gasteiger partial charge in [-0.25, -0.2) is 0 Å². The molecule has 0 heterocycles. The van der Waals surface area contributed by atoms with Crippen molar-refractivity contribution in [3.05, 3.63) is 0 Å². The third kappa shape index (κ3) is 5.22. The van der Waals surface area contributed by atoms with Crippen molar-refractivity contribution in [1.82, 2.24) is 0 Å². The van der Waals surface area contributed by atoms with Crippen molar-refractivity contribution in [3.63, 3.8) is 0 Å². The van der Waals surface area contributed by atoms with E-state index in [0.717, 1.165) is 25.7 Å². The van der Waals surface area contributed by atoms with Crippen molar-refractivity contribution in [3.8, 4) is 6.07 Å². The van der Waals surface area contributed by atoms with Gasteiger partial charge in [-0.1, -0.05) is 45.4 Å². The minimum atomic E-state index is -0.689. The Bertz CT molecular complexity index is 311. The van der Waals surface area contributed by atoms with E-state index < -0.39 is 5.97 Å². The largest absolute Gasteiger partial charge is 0.481 e. The quantitative estimate of drug-likeness (QED) is 0.656. The topological polar surface area (TPSA) is 61.1 Å². The molecule has 0 aromatic rings. The first-order chi connectivity index (χ1) is 9.13. The van der Waals surface area contributed by atoms with E-state index in [-0.39, 0.29) is 11.3 Å². The maximum atomic E-state index is 10.9. The molecule has 0 amide bonds. The summed E-state index contributed by atoms with van der Waals surface area (Å²) in [6.45, 7) is 2.21. The van der Waals surface area contributed by atoms with Crippen LogP contribution in [0.25, 0.3) is 0 Å². The molecule has 0 aromatic heterocycles. The van der Waals surface area contributed by atoms with Crippen LogP contribution in [0.5, 0.6) is 0 Å². The van der Waals surface area contributed by atoms with Gasteiger partial charge in [-0.15, -0.1) is 0 Å². The smallest absolute Gasteiger partial charge is 0.306 e. The van der Waals surface area contributed by atoms with Crippen LogP contribution < -0.4 is 0 Å². The molecular weight excluding hydrogens is 238 g/mol. The van der Waals surface area contributed by atoms with Crippen molar-refractivity contribution >= 4 is 5.97 Å². The predicted molar refractivity (Wildman–Crippen MR) is 75.6 cm³/mol. The average molecular weight is 265 g/mol. The second kappa shape index (κ2) is 8.19. The summed E-state index contributed by atoms with van der Waals surface area (Å²) in [5.41, 5.74) is -0.225. The Morgan fingerprint density at radius 2 is 1.79 bits per heavy atom. The third-order valence-corrected chi connectivity index (χ3v) is 4.54. The molecule has 1 fully saturated rings. The first-order valence-electron chi connectivity index (χ1n) is 7.77. The van der Waals surface area contributed by atoms with Gasteiger partial charge in [0.05, 0.1) is 17.4 Å². The molecular formula is C16H27NO2. The van der Waals surface area contributed by atoms with E-state index >= 15 is 0 Å². The minimum absolute atomic E-state index is 0.217. The lowest BCUT2D eigenvalue weighted by Crippen LogP contribution is -2.29. The summed E-state index contributed by atoms with van der Waals surface area (Å²) < 4.78 is 0. The van der Waals surface area contributed by atoms with E-state index in [9.17, 15) is 10.1 Å². The number of carboxylic acids is 1. The number of nitrogens with zero attached hydrogens (tertiary/aromatic N) is 1. The Morgan fingerprint density at radius 3 is 2.32 bits per heavy atom. The van der Waals surface area contributed by atoms with Gasteiger partial charge in [0.1, 0.15) is 0 Å². The van der Waals surface area contributed by atoms with Gasteiger partial charge in [-0.05, 0) is 32.1 Å². The first-order valence-corrected chi connectivity index (χ1v) is 7.77. The van der Waals surface area contributed by atoms with Gasteiger partial charge in [-0.2, -0.15) is 5.26 Å². The van der Waals surface area contributed by atoms with E-state index in [2.05, 4.69) is 13.0 Å². The molecule has 1 rings (SSSR count). The van der Waals surface area contributed by atoms with E-state index in [1.165, 1.54) is 32.1 Å². The number of carboxylic acid groups (broad SMARTS) is 1. The van der Waals surface area contributed by atoms with Gasteiger partial charge in [-0.3, -0.25) is 4.79 Å². The van der Waals surface area contributed by atoms with Crippen LogP contribution in [0.3, 0.4) is 0 Å². The zero-order chi connectivity index (χ0) is 14.1. The number of rotatable bonds is 8. The number of nitriles is 1. The summed E-state index contributed by atoms with van der Waals surface area (Å²) in [4.78, 5) is 10.9. The number of carbonyl (C=O) groups is 1. The van der Waals surface area contributed by atoms with Crippen LogP contribution in [0.2, 0.25) is 0 Å². The summed E-state index contributed by atoms with van der Waals surface area (Å²) in [7, 11) is 0. The lowest BCUT2D eigenvalue weighted by Gasteiger charge is -2.33. The van der Waals surface area contributed by atoms with Crippen molar-refractivity contribution in [1.29, 1.82) is 5.26 Å². The fraction of sp³-hybridized carbons (Fsp3) is 0.875. The molecule has 1 aliphatic carbocycles. The van der Waals surface area contributed by atoms with Crippen molar-refractivity contribution in [2.24, 2.45) is 11.3 Å². The summed E-state index contributed by atoms with van der Waals surface area (Å²) in [6, 6.07) is 2.49. The Balaban J connectivity index is 2.26. The molecule has 0 radical (unpaired) electrons. The molecule has 0 bridgehead atoms. The summed E-state index contributed by atoms with van der Waals surface area (Å²) in [5.74, 6) is -0.905. The SMILES string of the molecule is CCCCCCCCC1(C#N)CCC(C(=O)O)CC1. The van der Waals surface area contributed by atoms with E-state index in [1.54, 1.807) is 0 Å². The molecule has 1 N–H and O–H groups in total. The molecule has 0 atom stereocenters. The Kier molecular flexibility index (Phi) is 6.91. The second-order valence-corrected chi connectivity index (χ2v) is 6.02. The Hall–Kier alpha value is -1.04. The van der Waals surface area contributed by atoms with Crippen LogP contribution in [-0.2, 0) is 4.79 Å². The van der Waals surface area contributed by atoms with Crippen molar-refractivity contribution in [2.45, 2.75) is 77.6 Å². The molecule has 3 nitrogen and oxygen atoms in total. The average Bonchev–Trinajstić information content (AvgIpc) is 2.43. The summed E-state index contributed by atoms with van der Waals surface area (Å²) in [5, 5.41) is 18.4. The van der Waals surface area contributed by atoms with E-state index in [1.807, 2.05) is 0 Å². The van der Waals surface area contributed by atoms with Crippen molar-refractivity contribution < 1.29 is 9.90 Å². The molecule has 3 heteroatoms. The normalized spacial score (nSPS) is 26.8. The number of hydrogen-bond acceptors (Lipinski definition) is 2. The number of hydrogen-bond donors (Lipinski definition) is 1. The van der Waals surface area contributed by atoms with Crippen LogP contribution in [0.1, 0.15) is 77.6 Å². The highest BCUT2D eigenvalue weighted by atomic mass is 16.4. The van der Waals surface area contributed by atoms with E-state index in [4.69, 9.17) is 5.11 Å². The Morgan fingerprint density at radius 1 is 1.21 bits per heavy atom. The van der Waals surface area contributed by atoms with Gasteiger partial charge >= 0.3 is 5.97 Å². The van der Waals surface area contributed by atoms with Gasteiger partial charge in [0.25, 0.3) is 0 Å². The van der Waals surface area contributed by atoms with Crippen LogP contribution in [0.4, 0.5) is 0 Å². The highest BCUT2D eigenvalue weighted by Gasteiger charge is 2.37. The summed E-state index contributed by atoms with van der Waals surface area (Å²) in [6.07, 6.45) is 11.3. The molecule has 1 saturated carbocycles. The monoisotopic (exact) mass is 265 g/mol. The first kappa shape index (κ1) is 16.0. The lowest BCUT2D eigenvalue weighted by molar-refractivity contribution is -0.143. The third-order valence-electron chi connectivity index (χ3n) is 4.54. The molecule has 0 aromatic carbocycles. The standard InChI is InChI=1S/C16H27NO2/c1-2-3-4-5-6-7-10-16(13-17)11-8-14(9-12-16)15(18)19/h14H,2-12H2,1H3,(H,18,19). The maximum Gasteiger partial charge on any atom is 0.306 e.